The van der Waals surface area contributed by atoms with E-state index in [2.05, 4.69) is 23.7 Å². The fourth-order valence-corrected chi connectivity index (χ4v) is 1.47. The third-order valence-electron chi connectivity index (χ3n) is 2.04. The number of benzene rings is 1. The number of hydrogen-bond donors (Lipinski definition) is 2. The lowest BCUT2D eigenvalue weighted by molar-refractivity contribution is 0.679. The minimum absolute atomic E-state index is 0. The van der Waals surface area contributed by atoms with Crippen molar-refractivity contribution < 1.29 is 0 Å². The third-order valence-corrected chi connectivity index (χ3v) is 2.04. The highest BCUT2D eigenvalue weighted by molar-refractivity contribution is 5.85. The van der Waals surface area contributed by atoms with Gasteiger partial charge in [-0.05, 0) is 18.1 Å². The molecule has 0 saturated heterocycles. The van der Waals surface area contributed by atoms with Crippen molar-refractivity contribution in [1.82, 2.24) is 5.53 Å². The van der Waals surface area contributed by atoms with Gasteiger partial charge >= 0.3 is 0 Å². The van der Waals surface area contributed by atoms with Crippen LogP contribution in [0.15, 0.2) is 24.3 Å². The Morgan fingerprint density at radius 1 is 1.33 bits per heavy atom. The van der Waals surface area contributed by atoms with E-state index in [9.17, 15) is 0 Å². The molecule has 66 valence electrons. The summed E-state index contributed by atoms with van der Waals surface area (Å²) < 4.78 is 0. The molecule has 12 heavy (non-hydrogen) atoms. The van der Waals surface area contributed by atoms with Gasteiger partial charge in [-0.2, -0.15) is 5.53 Å². The zero-order chi connectivity index (χ0) is 7.68. The van der Waals surface area contributed by atoms with Gasteiger partial charge in [0, 0.05) is 6.54 Å². The molecule has 1 aromatic rings. The van der Waals surface area contributed by atoms with Crippen LogP contribution in [0.25, 0.3) is 0 Å². The summed E-state index contributed by atoms with van der Waals surface area (Å²) in [6.07, 6.45) is 1.08. The van der Waals surface area contributed by atoms with Gasteiger partial charge in [-0.1, -0.05) is 18.2 Å². The van der Waals surface area contributed by atoms with E-state index < -0.39 is 0 Å². The van der Waals surface area contributed by atoms with E-state index in [0.717, 1.165) is 13.0 Å². The molecule has 0 fully saturated rings. The predicted molar refractivity (Wildman–Crippen MR) is 52.1 cm³/mol. The number of nitrogens with zero attached hydrogens (tertiary/aromatic N) is 1. The summed E-state index contributed by atoms with van der Waals surface area (Å²) in [5.74, 6) is 5.32. The highest BCUT2D eigenvalue weighted by atomic mass is 35.5. The number of halogens is 1. The van der Waals surface area contributed by atoms with E-state index in [1.165, 1.54) is 11.3 Å². The standard InChI is InChI=1S/C8H11N3.ClH/c9-10-11-6-5-7-3-1-2-4-8(7)11;/h1-4,10H,5-6,9H2;1H. The molecule has 1 heterocycles. The summed E-state index contributed by atoms with van der Waals surface area (Å²) >= 11 is 0. The molecule has 0 atom stereocenters. The fourth-order valence-electron chi connectivity index (χ4n) is 1.47. The molecule has 3 N–H and O–H groups in total. The van der Waals surface area contributed by atoms with E-state index in [1.807, 2.05) is 11.1 Å². The van der Waals surface area contributed by atoms with Gasteiger partial charge in [0.05, 0.1) is 5.69 Å². The van der Waals surface area contributed by atoms with Gasteiger partial charge in [0.25, 0.3) is 0 Å². The largest absolute Gasteiger partial charge is 0.295 e. The highest BCUT2D eigenvalue weighted by Crippen LogP contribution is 2.24. The SMILES string of the molecule is Cl.NNN1CCc2ccccc21. The molecular weight excluding hydrogens is 174 g/mol. The number of nitrogens with two attached hydrogens (primary N) is 1. The molecule has 0 unspecified atom stereocenters. The number of nitrogens with one attached hydrogen (secondary N) is 1. The summed E-state index contributed by atoms with van der Waals surface area (Å²) in [6.45, 7) is 0.968. The maximum Gasteiger partial charge on any atom is 0.0566 e. The molecule has 2 rings (SSSR count). The van der Waals surface area contributed by atoms with Crippen LogP contribution < -0.4 is 16.4 Å². The normalized spacial score (nSPS) is 13.9. The molecule has 0 spiro atoms. The number of fused-ring (bicyclic) bond motifs is 1. The minimum Gasteiger partial charge on any atom is -0.295 e. The molecule has 0 radical (unpaired) electrons. The van der Waals surface area contributed by atoms with Crippen molar-refractivity contribution in [3.63, 3.8) is 0 Å². The maximum atomic E-state index is 5.32. The fraction of sp³-hybridized carbons (Fsp3) is 0.250. The quantitative estimate of drug-likeness (QED) is 0.504. The van der Waals surface area contributed by atoms with Crippen LogP contribution in [0, 0.1) is 0 Å². The predicted octanol–water partition coefficient (Wildman–Crippen LogP) is 0.849. The summed E-state index contributed by atoms with van der Waals surface area (Å²) in [5, 5.41) is 1.95. The molecule has 0 bridgehead atoms. The van der Waals surface area contributed by atoms with Crippen LogP contribution in [0.4, 0.5) is 5.69 Å². The lowest BCUT2D eigenvalue weighted by atomic mass is 10.2. The summed E-state index contributed by atoms with van der Waals surface area (Å²) in [4.78, 5) is 0. The topological polar surface area (TPSA) is 41.3 Å². The molecule has 0 saturated carbocycles. The van der Waals surface area contributed by atoms with Gasteiger partial charge in [0.15, 0.2) is 0 Å². The number of para-hydroxylation sites is 1. The highest BCUT2D eigenvalue weighted by Gasteiger charge is 2.16. The van der Waals surface area contributed by atoms with Gasteiger partial charge in [0.2, 0.25) is 0 Å². The Labute approximate surface area is 77.9 Å². The van der Waals surface area contributed by atoms with E-state index >= 15 is 0 Å². The first kappa shape index (κ1) is 9.32. The lowest BCUT2D eigenvalue weighted by Crippen LogP contribution is -2.41. The molecule has 1 aromatic carbocycles. The van der Waals surface area contributed by atoms with Crippen molar-refractivity contribution in [3.05, 3.63) is 29.8 Å². The second kappa shape index (κ2) is 3.76. The van der Waals surface area contributed by atoms with E-state index in [1.54, 1.807) is 0 Å². The van der Waals surface area contributed by atoms with Gasteiger partial charge in [-0.25, -0.2) is 0 Å². The number of hydrogen-bond acceptors (Lipinski definition) is 3. The zero-order valence-electron chi connectivity index (χ0n) is 6.66. The Balaban J connectivity index is 0.000000720. The first-order chi connectivity index (χ1) is 5.42. The van der Waals surface area contributed by atoms with Crippen LogP contribution >= 0.6 is 12.4 Å². The summed E-state index contributed by atoms with van der Waals surface area (Å²) in [6, 6.07) is 8.28. The van der Waals surface area contributed by atoms with E-state index in [-0.39, 0.29) is 12.4 Å². The van der Waals surface area contributed by atoms with Crippen LogP contribution in [0.3, 0.4) is 0 Å². The van der Waals surface area contributed by atoms with Crippen LogP contribution in [0.5, 0.6) is 0 Å². The molecule has 1 aliphatic heterocycles. The Morgan fingerprint density at radius 3 is 2.83 bits per heavy atom. The van der Waals surface area contributed by atoms with Crippen LogP contribution in [-0.2, 0) is 6.42 Å². The average molecular weight is 186 g/mol. The Morgan fingerprint density at radius 2 is 2.08 bits per heavy atom. The van der Waals surface area contributed by atoms with E-state index in [4.69, 9.17) is 5.84 Å². The lowest BCUT2D eigenvalue weighted by Gasteiger charge is -2.15. The molecule has 0 amide bonds. The van der Waals surface area contributed by atoms with Gasteiger partial charge in [-0.15, -0.1) is 12.4 Å². The van der Waals surface area contributed by atoms with Gasteiger partial charge < -0.3 is 0 Å². The molecule has 4 heteroatoms. The Hall–Kier alpha value is -0.770. The van der Waals surface area contributed by atoms with Crippen molar-refractivity contribution in [2.45, 2.75) is 6.42 Å². The molecular formula is C8H12ClN3. The van der Waals surface area contributed by atoms with Crippen molar-refractivity contribution in [2.75, 3.05) is 11.6 Å². The monoisotopic (exact) mass is 185 g/mol. The van der Waals surface area contributed by atoms with Gasteiger partial charge in [-0.3, -0.25) is 10.9 Å². The molecule has 0 aromatic heterocycles. The number of rotatable bonds is 1. The zero-order valence-corrected chi connectivity index (χ0v) is 7.47. The average Bonchev–Trinajstić information content (AvgIpc) is 2.47. The van der Waals surface area contributed by atoms with Crippen molar-refractivity contribution >= 4 is 18.1 Å². The van der Waals surface area contributed by atoms with Crippen molar-refractivity contribution in [1.29, 1.82) is 0 Å². The molecule has 3 nitrogen and oxygen atoms in total. The Bertz CT molecular complexity index is 264. The number of hydrazine groups is 2. The summed E-state index contributed by atoms with van der Waals surface area (Å²) in [7, 11) is 0. The molecule has 1 aliphatic rings. The number of anilines is 1. The first-order valence-corrected chi connectivity index (χ1v) is 3.73. The second-order valence-corrected chi connectivity index (χ2v) is 2.66. The maximum absolute atomic E-state index is 5.32. The van der Waals surface area contributed by atoms with Crippen LogP contribution in [-0.4, -0.2) is 6.54 Å². The Kier molecular flexibility index (Phi) is 2.92. The van der Waals surface area contributed by atoms with Crippen LogP contribution in [0.2, 0.25) is 0 Å². The van der Waals surface area contributed by atoms with Crippen molar-refractivity contribution in [3.8, 4) is 0 Å². The van der Waals surface area contributed by atoms with E-state index in [0.29, 0.717) is 0 Å². The van der Waals surface area contributed by atoms with Crippen molar-refractivity contribution in [2.24, 2.45) is 5.84 Å². The third kappa shape index (κ3) is 1.39. The van der Waals surface area contributed by atoms with Crippen LogP contribution in [0.1, 0.15) is 5.56 Å². The summed E-state index contributed by atoms with van der Waals surface area (Å²) in [5.41, 5.74) is 5.22. The second-order valence-electron chi connectivity index (χ2n) is 2.66. The first-order valence-electron chi connectivity index (χ1n) is 3.73. The van der Waals surface area contributed by atoms with Gasteiger partial charge in [0.1, 0.15) is 0 Å². The molecule has 0 aliphatic carbocycles. The minimum atomic E-state index is 0. The smallest absolute Gasteiger partial charge is 0.0566 e.